The van der Waals surface area contributed by atoms with E-state index in [0.717, 1.165) is 11.5 Å². The fourth-order valence-corrected chi connectivity index (χ4v) is 5.39. The largest absolute Gasteiger partial charge is 0.335 e. The topological polar surface area (TPSA) is 102 Å². The summed E-state index contributed by atoms with van der Waals surface area (Å²) in [5, 5.41) is 0.371. The Morgan fingerprint density at radius 1 is 1.30 bits per heavy atom. The lowest BCUT2D eigenvalue weighted by atomic mass is 10.3. The number of imidazole rings is 1. The number of alkyl halides is 1. The Kier molecular flexibility index (Phi) is 5.29. The molecule has 30 heavy (non-hydrogen) atoms. The van der Waals surface area contributed by atoms with Crippen LogP contribution < -0.4 is 10.4 Å². The van der Waals surface area contributed by atoms with Crippen molar-refractivity contribution in [2.45, 2.75) is 36.7 Å². The van der Waals surface area contributed by atoms with E-state index in [-0.39, 0.29) is 10.6 Å². The van der Waals surface area contributed by atoms with E-state index in [1.807, 2.05) is 19.0 Å². The Bertz CT molecular complexity index is 1260. The number of benzene rings is 1. The highest BCUT2D eigenvalue weighted by atomic mass is 32.2. The summed E-state index contributed by atoms with van der Waals surface area (Å²) >= 11 is 1.07. The van der Waals surface area contributed by atoms with Crippen LogP contribution in [0.3, 0.4) is 0 Å². The molecule has 9 nitrogen and oxygen atoms in total. The molecule has 1 aliphatic carbocycles. The van der Waals surface area contributed by atoms with Gasteiger partial charge in [-0.3, -0.25) is 4.57 Å². The van der Waals surface area contributed by atoms with Crippen LogP contribution in [-0.4, -0.2) is 64.7 Å². The number of fused-ring (bicyclic) bond motifs is 1. The van der Waals surface area contributed by atoms with Crippen molar-refractivity contribution in [3.63, 3.8) is 0 Å². The molecule has 2 heterocycles. The molecule has 0 radical (unpaired) electrons. The average Bonchev–Trinajstić information content (AvgIpc) is 3.22. The molecule has 0 bridgehead atoms. The third-order valence-electron chi connectivity index (χ3n) is 5.15. The van der Waals surface area contributed by atoms with Crippen molar-refractivity contribution in [3.05, 3.63) is 34.5 Å². The van der Waals surface area contributed by atoms with Crippen molar-refractivity contribution in [3.8, 4) is 5.13 Å². The summed E-state index contributed by atoms with van der Waals surface area (Å²) in [6.07, 6.45) is 0.946. The lowest BCUT2D eigenvalue weighted by molar-refractivity contribution is 0.383. The number of nitrogens with one attached hydrogen (secondary N) is 1. The fraction of sp³-hybridized carbons (Fsp3) is 0.500. The van der Waals surface area contributed by atoms with Crippen molar-refractivity contribution >= 4 is 32.6 Å². The molecule has 0 saturated heterocycles. The van der Waals surface area contributed by atoms with Crippen LogP contribution >= 0.6 is 11.5 Å². The number of aromatic nitrogens is 4. The van der Waals surface area contributed by atoms with E-state index in [2.05, 4.69) is 14.1 Å². The van der Waals surface area contributed by atoms with Crippen molar-refractivity contribution in [1.82, 2.24) is 28.1 Å². The summed E-state index contributed by atoms with van der Waals surface area (Å²) in [6, 6.07) is 4.50. The highest BCUT2D eigenvalue weighted by Gasteiger charge is 2.46. The SMILES string of the molecule is Cc1nsc(-n2c(=O)n(CCN(C)C)c3ccc(S(=O)(=O)NC4(CF)CC4)cc32)n1. The summed E-state index contributed by atoms with van der Waals surface area (Å²) in [7, 11) is -0.118. The second-order valence-electron chi connectivity index (χ2n) is 7.87. The van der Waals surface area contributed by atoms with Gasteiger partial charge in [0.2, 0.25) is 15.2 Å². The molecule has 0 spiro atoms. The molecule has 1 saturated carbocycles. The predicted octanol–water partition coefficient (Wildman–Crippen LogP) is 1.29. The number of hydrogen-bond donors (Lipinski definition) is 1. The molecule has 0 atom stereocenters. The van der Waals surface area contributed by atoms with E-state index in [1.165, 1.54) is 16.7 Å². The zero-order valence-corrected chi connectivity index (χ0v) is 18.6. The van der Waals surface area contributed by atoms with Crippen molar-refractivity contribution in [2.24, 2.45) is 0 Å². The minimum absolute atomic E-state index is 0.0190. The molecule has 0 amide bonds. The van der Waals surface area contributed by atoms with Crippen LogP contribution in [-0.2, 0) is 16.6 Å². The standard InChI is InChI=1S/C18H23FN6O3S2/c1-12-20-16(29-21-12)25-15-10-13(30(27,28)22-18(11-19)6-7-18)4-5-14(15)24(17(25)26)9-8-23(2)3/h4-5,10,22H,6-9,11H2,1-3H3. The zero-order chi connectivity index (χ0) is 21.7. The number of likely N-dealkylation sites (N-methyl/N-ethyl adjacent to an activating group) is 1. The molecular formula is C18H23FN6O3S2. The number of halogens is 1. The third-order valence-corrected chi connectivity index (χ3v) is 7.52. The molecule has 2 aromatic heterocycles. The fourth-order valence-electron chi connectivity index (χ4n) is 3.24. The van der Waals surface area contributed by atoms with E-state index in [1.54, 1.807) is 17.6 Å². The molecule has 0 unspecified atom stereocenters. The van der Waals surface area contributed by atoms with Gasteiger partial charge in [-0.25, -0.2) is 31.9 Å². The maximum absolute atomic E-state index is 13.2. The Hall–Kier alpha value is -2.15. The van der Waals surface area contributed by atoms with Crippen LogP contribution in [0, 0.1) is 6.92 Å². The first-order valence-electron chi connectivity index (χ1n) is 9.46. The Labute approximate surface area is 177 Å². The summed E-state index contributed by atoms with van der Waals surface area (Å²) in [5.41, 5.74) is -0.294. The van der Waals surface area contributed by atoms with Crippen molar-refractivity contribution in [1.29, 1.82) is 0 Å². The van der Waals surface area contributed by atoms with Gasteiger partial charge in [0.05, 0.1) is 21.5 Å². The summed E-state index contributed by atoms with van der Waals surface area (Å²) in [6.45, 7) is 2.05. The van der Waals surface area contributed by atoms with E-state index >= 15 is 0 Å². The lowest BCUT2D eigenvalue weighted by Crippen LogP contribution is -2.38. The predicted molar refractivity (Wildman–Crippen MR) is 113 cm³/mol. The van der Waals surface area contributed by atoms with Gasteiger partial charge in [0.15, 0.2) is 0 Å². The minimum Gasteiger partial charge on any atom is -0.308 e. The Morgan fingerprint density at radius 3 is 2.60 bits per heavy atom. The van der Waals surface area contributed by atoms with Crippen LogP contribution in [0.2, 0.25) is 0 Å². The highest BCUT2D eigenvalue weighted by Crippen LogP contribution is 2.37. The summed E-state index contributed by atoms with van der Waals surface area (Å²) in [5.74, 6) is 0.528. The Morgan fingerprint density at radius 2 is 2.03 bits per heavy atom. The molecule has 0 aliphatic heterocycles. The van der Waals surface area contributed by atoms with Gasteiger partial charge >= 0.3 is 5.69 Å². The monoisotopic (exact) mass is 454 g/mol. The van der Waals surface area contributed by atoms with Gasteiger partial charge in [-0.1, -0.05) is 0 Å². The first-order chi connectivity index (χ1) is 14.2. The molecule has 12 heteroatoms. The number of hydrogen-bond acceptors (Lipinski definition) is 7. The van der Waals surface area contributed by atoms with Gasteiger partial charge in [-0.15, -0.1) is 0 Å². The maximum Gasteiger partial charge on any atom is 0.335 e. The molecule has 162 valence electrons. The minimum atomic E-state index is -3.94. The van der Waals surface area contributed by atoms with Gasteiger partial charge in [0.25, 0.3) is 0 Å². The smallest absolute Gasteiger partial charge is 0.308 e. The van der Waals surface area contributed by atoms with Gasteiger partial charge in [-0.05, 0) is 52.1 Å². The van der Waals surface area contributed by atoms with Gasteiger partial charge in [0, 0.05) is 24.6 Å². The van der Waals surface area contributed by atoms with E-state index in [4.69, 9.17) is 0 Å². The van der Waals surface area contributed by atoms with Gasteiger partial charge in [0.1, 0.15) is 12.5 Å². The zero-order valence-electron chi connectivity index (χ0n) is 16.9. The molecule has 4 rings (SSSR count). The molecule has 1 N–H and O–H groups in total. The lowest BCUT2D eigenvalue weighted by Gasteiger charge is -2.14. The van der Waals surface area contributed by atoms with E-state index in [9.17, 15) is 17.6 Å². The highest BCUT2D eigenvalue weighted by molar-refractivity contribution is 7.89. The first-order valence-corrected chi connectivity index (χ1v) is 11.7. The second kappa shape index (κ2) is 7.52. The quantitative estimate of drug-likeness (QED) is 0.550. The Balaban J connectivity index is 1.86. The van der Waals surface area contributed by atoms with E-state index < -0.39 is 22.2 Å². The normalized spacial score (nSPS) is 15.9. The number of nitrogens with zero attached hydrogens (tertiary/aromatic N) is 5. The van der Waals surface area contributed by atoms with Crippen LogP contribution in [0.5, 0.6) is 0 Å². The molecule has 1 aromatic carbocycles. The van der Waals surface area contributed by atoms with Crippen LogP contribution in [0.15, 0.2) is 27.9 Å². The van der Waals surface area contributed by atoms with Crippen molar-refractivity contribution < 1.29 is 12.8 Å². The summed E-state index contributed by atoms with van der Waals surface area (Å²) in [4.78, 5) is 19.4. The van der Waals surface area contributed by atoms with Crippen LogP contribution in [0.1, 0.15) is 18.7 Å². The number of sulfonamides is 1. The number of aryl methyl sites for hydroxylation is 1. The molecule has 3 aromatic rings. The van der Waals surface area contributed by atoms with Crippen LogP contribution in [0.25, 0.3) is 16.2 Å². The van der Waals surface area contributed by atoms with Gasteiger partial charge < -0.3 is 4.90 Å². The molecule has 1 aliphatic rings. The number of rotatable bonds is 8. The van der Waals surface area contributed by atoms with Gasteiger partial charge in [-0.2, -0.15) is 4.37 Å². The maximum atomic E-state index is 13.2. The first kappa shape index (κ1) is 21.1. The average molecular weight is 455 g/mol. The van der Waals surface area contributed by atoms with Crippen molar-refractivity contribution in [2.75, 3.05) is 27.3 Å². The summed E-state index contributed by atoms with van der Waals surface area (Å²) < 4.78 is 48.5. The second-order valence-corrected chi connectivity index (χ2v) is 10.3. The molecular weight excluding hydrogens is 431 g/mol. The van der Waals surface area contributed by atoms with Crippen LogP contribution in [0.4, 0.5) is 4.39 Å². The van der Waals surface area contributed by atoms with E-state index in [0.29, 0.717) is 47.9 Å². The third kappa shape index (κ3) is 3.80. The molecule has 1 fully saturated rings.